The maximum absolute atomic E-state index is 12.3. The Balaban J connectivity index is 1.67. The maximum atomic E-state index is 12.3. The first-order valence-electron chi connectivity index (χ1n) is 9.68. The molecule has 2 heterocycles. The zero-order chi connectivity index (χ0) is 22.9. The van der Waals surface area contributed by atoms with Crippen molar-refractivity contribution in [3.8, 4) is 17.1 Å². The molecule has 0 atom stereocenters. The molecule has 0 aliphatic carbocycles. The normalized spacial score (nSPS) is 11.9. The lowest BCUT2D eigenvalue weighted by atomic mass is 10.2. The van der Waals surface area contributed by atoms with Crippen LogP contribution in [0.4, 0.5) is 0 Å². The largest absolute Gasteiger partial charge is 0.447 e. The molecule has 4 aromatic rings. The Morgan fingerprint density at radius 1 is 1.00 bits per heavy atom. The molecule has 0 amide bonds. The summed E-state index contributed by atoms with van der Waals surface area (Å²) in [4.78, 5) is 0. The van der Waals surface area contributed by atoms with Gasteiger partial charge >= 0.3 is 0 Å². The molecule has 4 rings (SSSR count). The Hall–Kier alpha value is -2.59. The molecule has 10 heteroatoms. The lowest BCUT2D eigenvalue weighted by molar-refractivity contribution is 0.408. The van der Waals surface area contributed by atoms with Crippen molar-refractivity contribution >= 4 is 33.4 Å². The zero-order valence-corrected chi connectivity index (χ0v) is 20.1. The van der Waals surface area contributed by atoms with Crippen LogP contribution in [-0.2, 0) is 15.8 Å². The predicted octanol–water partition coefficient (Wildman–Crippen LogP) is 5.03. The molecule has 0 bridgehead atoms. The molecule has 0 spiro atoms. The van der Waals surface area contributed by atoms with Gasteiger partial charge in [0, 0.05) is 30.4 Å². The SMILES string of the molecule is Cc1ccc(-n2c(SCc3ccc(S(=O)(=O)N(C)C)o3)nnc2-c2ccc(Cl)cc2)cc1. The van der Waals surface area contributed by atoms with Crippen molar-refractivity contribution in [2.24, 2.45) is 0 Å². The molecule has 0 aliphatic rings. The van der Waals surface area contributed by atoms with Gasteiger partial charge in [-0.25, -0.2) is 12.7 Å². The highest BCUT2D eigenvalue weighted by Gasteiger charge is 2.22. The summed E-state index contributed by atoms with van der Waals surface area (Å²) in [5, 5.41) is 10.0. The van der Waals surface area contributed by atoms with Crippen molar-refractivity contribution in [2.45, 2.75) is 22.9 Å². The Kier molecular flexibility index (Phi) is 6.43. The Morgan fingerprint density at radius 2 is 1.69 bits per heavy atom. The van der Waals surface area contributed by atoms with Crippen molar-refractivity contribution in [1.29, 1.82) is 0 Å². The number of hydrogen-bond acceptors (Lipinski definition) is 6. The quantitative estimate of drug-likeness (QED) is 0.339. The predicted molar refractivity (Wildman–Crippen MR) is 126 cm³/mol. The first-order valence-corrected chi connectivity index (χ1v) is 12.5. The fourth-order valence-electron chi connectivity index (χ4n) is 2.97. The summed E-state index contributed by atoms with van der Waals surface area (Å²) in [7, 11) is -0.683. The summed E-state index contributed by atoms with van der Waals surface area (Å²) >= 11 is 7.46. The third kappa shape index (κ3) is 4.61. The van der Waals surface area contributed by atoms with Crippen molar-refractivity contribution in [2.75, 3.05) is 14.1 Å². The van der Waals surface area contributed by atoms with Gasteiger partial charge in [0.1, 0.15) is 5.76 Å². The smallest absolute Gasteiger partial charge is 0.275 e. The van der Waals surface area contributed by atoms with Gasteiger partial charge < -0.3 is 4.42 Å². The van der Waals surface area contributed by atoms with E-state index in [0.717, 1.165) is 21.1 Å². The molecular weight excluding hydrogens is 468 g/mol. The first-order chi connectivity index (χ1) is 15.3. The van der Waals surface area contributed by atoms with E-state index < -0.39 is 10.0 Å². The number of hydrogen-bond donors (Lipinski definition) is 0. The minimum absolute atomic E-state index is 0.0834. The summed E-state index contributed by atoms with van der Waals surface area (Å²) in [5.74, 6) is 1.61. The van der Waals surface area contributed by atoms with Crippen LogP contribution in [0.15, 0.2) is 75.3 Å². The monoisotopic (exact) mass is 488 g/mol. The molecule has 0 unspecified atom stereocenters. The van der Waals surface area contributed by atoms with Gasteiger partial charge in [-0.05, 0) is 55.5 Å². The highest BCUT2D eigenvalue weighted by Crippen LogP contribution is 2.31. The summed E-state index contributed by atoms with van der Waals surface area (Å²) in [6.45, 7) is 2.03. The minimum Gasteiger partial charge on any atom is -0.447 e. The highest BCUT2D eigenvalue weighted by atomic mass is 35.5. The zero-order valence-electron chi connectivity index (χ0n) is 17.7. The van der Waals surface area contributed by atoms with Crippen molar-refractivity contribution in [3.05, 3.63) is 77.0 Å². The number of aryl methyl sites for hydroxylation is 1. The van der Waals surface area contributed by atoms with E-state index in [4.69, 9.17) is 16.0 Å². The van der Waals surface area contributed by atoms with E-state index in [2.05, 4.69) is 10.2 Å². The first kappa shape index (κ1) is 22.6. The number of rotatable bonds is 7. The van der Waals surface area contributed by atoms with Crippen molar-refractivity contribution in [3.63, 3.8) is 0 Å². The van der Waals surface area contributed by atoms with Gasteiger partial charge in [0.05, 0.1) is 5.75 Å². The fourth-order valence-corrected chi connectivity index (χ4v) is 4.75. The Bertz CT molecular complexity index is 1330. The summed E-state index contributed by atoms with van der Waals surface area (Å²) in [6, 6.07) is 18.6. The maximum Gasteiger partial charge on any atom is 0.275 e. The van der Waals surface area contributed by atoms with Gasteiger partial charge in [-0.3, -0.25) is 4.57 Å². The van der Waals surface area contributed by atoms with Crippen molar-refractivity contribution in [1.82, 2.24) is 19.1 Å². The Labute approximate surface area is 196 Å². The molecule has 2 aromatic carbocycles. The van der Waals surface area contributed by atoms with Crippen LogP contribution >= 0.6 is 23.4 Å². The standard InChI is InChI=1S/C22H21ClN4O3S2/c1-15-4-10-18(11-5-15)27-21(16-6-8-17(23)9-7-16)24-25-22(27)31-14-19-12-13-20(30-19)32(28,29)26(2)3/h4-13H,14H2,1-3H3. The van der Waals surface area contributed by atoms with E-state index >= 15 is 0 Å². The van der Waals surface area contributed by atoms with Crippen LogP contribution in [0.25, 0.3) is 17.1 Å². The second-order valence-electron chi connectivity index (χ2n) is 7.28. The molecule has 0 saturated carbocycles. The van der Waals surface area contributed by atoms with Crippen LogP contribution in [0.1, 0.15) is 11.3 Å². The van der Waals surface area contributed by atoms with E-state index in [0.29, 0.717) is 27.5 Å². The van der Waals surface area contributed by atoms with Crippen LogP contribution in [0.2, 0.25) is 5.02 Å². The molecule has 0 N–H and O–H groups in total. The summed E-state index contributed by atoms with van der Waals surface area (Å²) < 4.78 is 33.2. The van der Waals surface area contributed by atoms with Crippen LogP contribution in [0.3, 0.4) is 0 Å². The minimum atomic E-state index is -3.62. The second-order valence-corrected chi connectivity index (χ2v) is 10.7. The third-order valence-corrected chi connectivity index (χ3v) is 7.64. The molecule has 166 valence electrons. The molecular formula is C22H21ClN4O3S2. The summed E-state index contributed by atoms with van der Waals surface area (Å²) in [6.07, 6.45) is 0. The van der Waals surface area contributed by atoms with E-state index in [-0.39, 0.29) is 5.09 Å². The van der Waals surface area contributed by atoms with Crippen molar-refractivity contribution < 1.29 is 12.8 Å². The molecule has 0 radical (unpaired) electrons. The van der Waals surface area contributed by atoms with Gasteiger partial charge in [-0.2, -0.15) is 0 Å². The van der Waals surface area contributed by atoms with Gasteiger partial charge in [-0.15, -0.1) is 10.2 Å². The number of thioether (sulfide) groups is 1. The highest BCUT2D eigenvalue weighted by molar-refractivity contribution is 7.98. The molecule has 32 heavy (non-hydrogen) atoms. The topological polar surface area (TPSA) is 81.2 Å². The lowest BCUT2D eigenvalue weighted by Gasteiger charge is -2.11. The van der Waals surface area contributed by atoms with Gasteiger partial charge in [-0.1, -0.05) is 41.1 Å². The molecule has 0 aliphatic heterocycles. The van der Waals surface area contributed by atoms with Crippen LogP contribution in [0, 0.1) is 6.92 Å². The number of aromatic nitrogens is 3. The lowest BCUT2D eigenvalue weighted by Crippen LogP contribution is -2.21. The van der Waals surface area contributed by atoms with E-state index in [9.17, 15) is 8.42 Å². The fraction of sp³-hybridized carbons (Fsp3) is 0.182. The van der Waals surface area contributed by atoms with Crippen LogP contribution in [0.5, 0.6) is 0 Å². The number of halogens is 1. The third-order valence-electron chi connectivity index (χ3n) is 4.74. The molecule has 0 fully saturated rings. The molecule has 7 nitrogen and oxygen atoms in total. The number of furan rings is 1. The Morgan fingerprint density at radius 3 is 2.34 bits per heavy atom. The van der Waals surface area contributed by atoms with Gasteiger partial charge in [0.25, 0.3) is 10.0 Å². The summed E-state index contributed by atoms with van der Waals surface area (Å²) in [5.41, 5.74) is 2.95. The number of nitrogens with zero attached hydrogens (tertiary/aromatic N) is 4. The molecule has 2 aromatic heterocycles. The number of sulfonamides is 1. The second kappa shape index (κ2) is 9.11. The average molecular weight is 489 g/mol. The average Bonchev–Trinajstić information content (AvgIpc) is 3.41. The van der Waals surface area contributed by atoms with E-state index in [1.54, 1.807) is 6.07 Å². The van der Waals surface area contributed by atoms with E-state index in [1.165, 1.54) is 31.9 Å². The van der Waals surface area contributed by atoms with Gasteiger partial charge in [0.2, 0.25) is 5.09 Å². The van der Waals surface area contributed by atoms with Gasteiger partial charge in [0.15, 0.2) is 11.0 Å². The van der Waals surface area contributed by atoms with Crippen LogP contribution < -0.4 is 0 Å². The number of benzene rings is 2. The molecule has 0 saturated heterocycles. The van der Waals surface area contributed by atoms with E-state index in [1.807, 2.05) is 60.0 Å². The van der Waals surface area contributed by atoms with Crippen LogP contribution in [-0.4, -0.2) is 41.6 Å².